The van der Waals surface area contributed by atoms with Crippen molar-refractivity contribution in [2.75, 3.05) is 39.3 Å². The van der Waals surface area contributed by atoms with Crippen LogP contribution in [-0.4, -0.2) is 55.0 Å². The first-order chi connectivity index (χ1) is 12.2. The van der Waals surface area contributed by atoms with Crippen LogP contribution in [0.25, 0.3) is 0 Å². The molecule has 2 aromatic rings. The van der Waals surface area contributed by atoms with Crippen molar-refractivity contribution >= 4 is 17.2 Å². The average molecular weight is 359 g/mol. The van der Waals surface area contributed by atoms with Gasteiger partial charge in [0.1, 0.15) is 12.4 Å². The van der Waals surface area contributed by atoms with Crippen LogP contribution in [0.4, 0.5) is 0 Å². The smallest absolute Gasteiger partial charge is 0.223 e. The van der Waals surface area contributed by atoms with Gasteiger partial charge in [0.2, 0.25) is 5.91 Å². The maximum Gasteiger partial charge on any atom is 0.223 e. The molecule has 0 atom stereocenters. The minimum Gasteiger partial charge on any atom is -0.492 e. The summed E-state index contributed by atoms with van der Waals surface area (Å²) in [7, 11) is 0. The number of hydrogen-bond acceptors (Lipinski definition) is 4. The largest absolute Gasteiger partial charge is 0.492 e. The highest BCUT2D eigenvalue weighted by Gasteiger charge is 2.20. The van der Waals surface area contributed by atoms with Crippen molar-refractivity contribution in [3.8, 4) is 5.75 Å². The molecule has 1 saturated heterocycles. The normalized spacial score (nSPS) is 15.3. The number of aryl methyl sites for hydroxylation is 2. The molecule has 0 unspecified atom stereocenters. The van der Waals surface area contributed by atoms with Gasteiger partial charge in [-0.15, -0.1) is 11.3 Å². The summed E-state index contributed by atoms with van der Waals surface area (Å²) in [6.07, 6.45) is 1.48. The Kier molecular flexibility index (Phi) is 6.48. The fraction of sp³-hybridized carbons (Fsp3) is 0.450. The van der Waals surface area contributed by atoms with Crippen molar-refractivity contribution in [1.82, 2.24) is 9.80 Å². The lowest BCUT2D eigenvalue weighted by molar-refractivity contribution is -0.132. The molecule has 0 spiro atoms. The molecule has 25 heavy (non-hydrogen) atoms. The second kappa shape index (κ2) is 9.02. The quantitative estimate of drug-likeness (QED) is 0.762. The number of ether oxygens (including phenoxy) is 1. The van der Waals surface area contributed by atoms with Crippen LogP contribution in [0.1, 0.15) is 16.9 Å². The molecule has 1 aromatic heterocycles. The van der Waals surface area contributed by atoms with Crippen molar-refractivity contribution in [3.05, 3.63) is 52.2 Å². The Bertz CT molecular complexity index is 647. The lowest BCUT2D eigenvalue weighted by Crippen LogP contribution is -2.49. The van der Waals surface area contributed by atoms with E-state index in [1.165, 1.54) is 10.4 Å². The fourth-order valence-electron chi connectivity index (χ4n) is 2.99. The molecule has 0 saturated carbocycles. The molecular weight excluding hydrogens is 332 g/mol. The molecule has 0 N–H and O–H groups in total. The molecular formula is C20H26N2O2S. The molecule has 2 heterocycles. The van der Waals surface area contributed by atoms with Crippen molar-refractivity contribution in [1.29, 1.82) is 0 Å². The van der Waals surface area contributed by atoms with Crippen LogP contribution >= 0.6 is 11.3 Å². The summed E-state index contributed by atoms with van der Waals surface area (Å²) in [5.74, 6) is 1.21. The van der Waals surface area contributed by atoms with Gasteiger partial charge in [0.25, 0.3) is 0 Å². The summed E-state index contributed by atoms with van der Waals surface area (Å²) in [5, 5.41) is 2.07. The van der Waals surface area contributed by atoms with Gasteiger partial charge in [-0.05, 0) is 36.9 Å². The zero-order chi connectivity index (χ0) is 17.5. The summed E-state index contributed by atoms with van der Waals surface area (Å²) in [5.41, 5.74) is 1.24. The van der Waals surface area contributed by atoms with E-state index in [9.17, 15) is 4.79 Å². The Morgan fingerprint density at radius 1 is 1.12 bits per heavy atom. The van der Waals surface area contributed by atoms with Crippen LogP contribution in [-0.2, 0) is 11.2 Å². The summed E-state index contributed by atoms with van der Waals surface area (Å²) < 4.78 is 5.80. The van der Waals surface area contributed by atoms with Crippen molar-refractivity contribution in [2.24, 2.45) is 0 Å². The van der Waals surface area contributed by atoms with E-state index in [0.717, 1.165) is 44.9 Å². The molecule has 134 valence electrons. The number of carbonyl (C=O) groups is 1. The molecule has 1 amide bonds. The first-order valence-electron chi connectivity index (χ1n) is 8.93. The maximum absolute atomic E-state index is 12.3. The molecule has 0 bridgehead atoms. The number of nitrogens with zero attached hydrogens (tertiary/aromatic N) is 2. The van der Waals surface area contributed by atoms with Crippen LogP contribution in [0.15, 0.2) is 41.8 Å². The Labute approximate surface area is 154 Å². The third kappa shape index (κ3) is 5.58. The Hall–Kier alpha value is -1.85. The zero-order valence-corrected chi connectivity index (χ0v) is 15.6. The second-order valence-corrected chi connectivity index (χ2v) is 7.50. The van der Waals surface area contributed by atoms with E-state index in [1.807, 2.05) is 23.1 Å². The van der Waals surface area contributed by atoms with E-state index in [0.29, 0.717) is 13.0 Å². The van der Waals surface area contributed by atoms with Crippen LogP contribution in [0.5, 0.6) is 5.75 Å². The third-order valence-electron chi connectivity index (χ3n) is 4.59. The number of thiophene rings is 1. The van der Waals surface area contributed by atoms with E-state index in [1.54, 1.807) is 11.3 Å². The molecule has 0 aliphatic carbocycles. The topological polar surface area (TPSA) is 32.8 Å². The summed E-state index contributed by atoms with van der Waals surface area (Å²) in [6, 6.07) is 12.3. The number of hydrogen-bond donors (Lipinski definition) is 0. The summed E-state index contributed by atoms with van der Waals surface area (Å²) in [6.45, 7) is 7.19. The molecule has 4 nitrogen and oxygen atoms in total. The average Bonchev–Trinajstić information content (AvgIpc) is 3.15. The summed E-state index contributed by atoms with van der Waals surface area (Å²) in [4.78, 5) is 18.0. The molecule has 1 aromatic carbocycles. The van der Waals surface area contributed by atoms with Gasteiger partial charge >= 0.3 is 0 Å². The SMILES string of the molecule is Cc1ccc(OCCN2CCN(C(=O)CCc3cccs3)CC2)cc1. The molecule has 3 rings (SSSR count). The highest BCUT2D eigenvalue weighted by atomic mass is 32.1. The summed E-state index contributed by atoms with van der Waals surface area (Å²) >= 11 is 1.73. The van der Waals surface area contributed by atoms with Gasteiger partial charge in [-0.25, -0.2) is 0 Å². The maximum atomic E-state index is 12.3. The van der Waals surface area contributed by atoms with Crippen molar-refractivity contribution in [2.45, 2.75) is 19.8 Å². The van der Waals surface area contributed by atoms with Gasteiger partial charge in [0.15, 0.2) is 0 Å². The van der Waals surface area contributed by atoms with Crippen molar-refractivity contribution in [3.63, 3.8) is 0 Å². The second-order valence-electron chi connectivity index (χ2n) is 6.46. The Morgan fingerprint density at radius 2 is 1.88 bits per heavy atom. The van der Waals surface area contributed by atoms with Gasteiger partial charge < -0.3 is 9.64 Å². The number of amides is 1. The van der Waals surface area contributed by atoms with E-state index in [4.69, 9.17) is 4.74 Å². The molecule has 5 heteroatoms. The lowest BCUT2D eigenvalue weighted by atomic mass is 10.2. The number of carbonyl (C=O) groups excluding carboxylic acids is 1. The van der Waals surface area contributed by atoms with Crippen molar-refractivity contribution < 1.29 is 9.53 Å². The molecule has 1 aliphatic rings. The van der Waals surface area contributed by atoms with E-state index >= 15 is 0 Å². The minimum atomic E-state index is 0.281. The van der Waals surface area contributed by atoms with Gasteiger partial charge in [-0.1, -0.05) is 23.8 Å². The first-order valence-corrected chi connectivity index (χ1v) is 9.80. The minimum absolute atomic E-state index is 0.281. The molecule has 0 radical (unpaired) electrons. The number of rotatable bonds is 7. The zero-order valence-electron chi connectivity index (χ0n) is 14.8. The number of benzene rings is 1. The van der Waals surface area contributed by atoms with E-state index in [2.05, 4.69) is 35.4 Å². The highest BCUT2D eigenvalue weighted by Crippen LogP contribution is 2.13. The van der Waals surface area contributed by atoms with E-state index < -0.39 is 0 Å². The lowest BCUT2D eigenvalue weighted by Gasteiger charge is -2.34. The van der Waals surface area contributed by atoms with Crippen LogP contribution in [0, 0.1) is 6.92 Å². The Balaban J connectivity index is 1.32. The fourth-order valence-corrected chi connectivity index (χ4v) is 3.70. The van der Waals surface area contributed by atoms with Gasteiger partial charge in [0, 0.05) is 44.0 Å². The predicted molar refractivity (Wildman–Crippen MR) is 102 cm³/mol. The van der Waals surface area contributed by atoms with Crippen LogP contribution in [0.2, 0.25) is 0 Å². The molecule has 1 aliphatic heterocycles. The third-order valence-corrected chi connectivity index (χ3v) is 5.52. The van der Waals surface area contributed by atoms with Crippen LogP contribution in [0.3, 0.4) is 0 Å². The number of piperazine rings is 1. The standard InChI is InChI=1S/C20H26N2O2S/c1-17-4-6-18(7-5-17)24-15-14-21-10-12-22(13-11-21)20(23)9-8-19-3-2-16-25-19/h2-7,16H,8-15H2,1H3. The van der Waals surface area contributed by atoms with E-state index in [-0.39, 0.29) is 5.91 Å². The highest BCUT2D eigenvalue weighted by molar-refractivity contribution is 7.09. The van der Waals surface area contributed by atoms with Gasteiger partial charge in [-0.3, -0.25) is 9.69 Å². The van der Waals surface area contributed by atoms with Gasteiger partial charge in [0.05, 0.1) is 0 Å². The van der Waals surface area contributed by atoms with Gasteiger partial charge in [-0.2, -0.15) is 0 Å². The monoisotopic (exact) mass is 358 g/mol. The Morgan fingerprint density at radius 3 is 2.56 bits per heavy atom. The van der Waals surface area contributed by atoms with Crippen LogP contribution < -0.4 is 4.74 Å². The predicted octanol–water partition coefficient (Wildman–Crippen LogP) is 3.21. The molecule has 1 fully saturated rings. The first kappa shape index (κ1) is 18.0.